The van der Waals surface area contributed by atoms with E-state index in [9.17, 15) is 9.59 Å². The van der Waals surface area contributed by atoms with Gasteiger partial charge in [0.25, 0.3) is 0 Å². The Kier molecular flexibility index (Phi) is 4.78. The minimum Gasteiger partial charge on any atom is -0.497 e. The number of ether oxygens (including phenoxy) is 1. The monoisotopic (exact) mass is 385 g/mol. The molecule has 1 saturated carbocycles. The van der Waals surface area contributed by atoms with Gasteiger partial charge in [-0.25, -0.2) is 4.79 Å². The zero-order valence-corrected chi connectivity index (χ0v) is 16.1. The maximum atomic E-state index is 12.2. The highest BCUT2D eigenvalue weighted by atomic mass is 32.1. The van der Waals surface area contributed by atoms with Crippen LogP contribution in [0.4, 0.5) is 15.5 Å². The second-order valence-corrected chi connectivity index (χ2v) is 8.26. The van der Waals surface area contributed by atoms with Gasteiger partial charge in [0.05, 0.1) is 12.1 Å². The number of amides is 3. The van der Waals surface area contributed by atoms with Gasteiger partial charge in [0.15, 0.2) is 0 Å². The number of rotatable bonds is 5. The number of primary amides is 1. The van der Waals surface area contributed by atoms with Crippen molar-refractivity contribution in [2.45, 2.75) is 38.1 Å². The highest BCUT2D eigenvalue weighted by Crippen LogP contribution is 2.37. The van der Waals surface area contributed by atoms with E-state index in [4.69, 9.17) is 10.5 Å². The van der Waals surface area contributed by atoms with E-state index in [1.54, 1.807) is 23.3 Å². The average Bonchev–Trinajstić information content (AvgIpc) is 3.43. The van der Waals surface area contributed by atoms with E-state index in [-0.39, 0.29) is 17.9 Å². The van der Waals surface area contributed by atoms with Crippen LogP contribution in [-0.2, 0) is 17.6 Å². The largest absolute Gasteiger partial charge is 0.497 e. The predicted molar refractivity (Wildman–Crippen MR) is 107 cm³/mol. The zero-order chi connectivity index (χ0) is 19.0. The van der Waals surface area contributed by atoms with Gasteiger partial charge in [0.2, 0.25) is 5.91 Å². The van der Waals surface area contributed by atoms with E-state index >= 15 is 0 Å². The molecule has 3 N–H and O–H groups in total. The number of anilines is 2. The molecular weight excluding hydrogens is 362 g/mol. The van der Waals surface area contributed by atoms with Crippen LogP contribution < -0.4 is 20.7 Å². The van der Waals surface area contributed by atoms with Crippen molar-refractivity contribution in [3.05, 3.63) is 40.8 Å². The smallest absolute Gasteiger partial charge is 0.319 e. The first kappa shape index (κ1) is 17.9. The number of nitrogens with zero attached hydrogens (tertiary/aromatic N) is 1. The molecule has 0 saturated heterocycles. The molecule has 1 fully saturated rings. The molecule has 2 aromatic rings. The van der Waals surface area contributed by atoms with E-state index in [2.05, 4.69) is 11.4 Å². The molecule has 2 aliphatic rings. The number of hydrogen-bond donors (Lipinski definition) is 2. The molecule has 27 heavy (non-hydrogen) atoms. The minimum absolute atomic E-state index is 0.00461. The number of nitrogens with two attached hydrogens (primary N) is 1. The SMILES string of the molecule is COc1ccc(N(C(N)=O)C2CCc3sc(NC(=O)C4CC4)cc3C2)cc1. The summed E-state index contributed by atoms with van der Waals surface area (Å²) in [6.07, 6.45) is 4.45. The summed E-state index contributed by atoms with van der Waals surface area (Å²) >= 11 is 1.65. The van der Waals surface area contributed by atoms with Gasteiger partial charge in [-0.3, -0.25) is 9.69 Å². The lowest BCUT2D eigenvalue weighted by Gasteiger charge is -2.33. The van der Waals surface area contributed by atoms with Gasteiger partial charge in [-0.05, 0) is 68.0 Å². The van der Waals surface area contributed by atoms with E-state index in [1.165, 1.54) is 10.4 Å². The van der Waals surface area contributed by atoms with Crippen molar-refractivity contribution >= 4 is 34.0 Å². The summed E-state index contributed by atoms with van der Waals surface area (Å²) in [5.74, 6) is 1.06. The van der Waals surface area contributed by atoms with E-state index in [0.717, 1.165) is 48.5 Å². The Morgan fingerprint density at radius 2 is 1.96 bits per heavy atom. The van der Waals surface area contributed by atoms with Crippen LogP contribution in [0.1, 0.15) is 29.7 Å². The Hall–Kier alpha value is -2.54. The molecule has 0 bridgehead atoms. The van der Waals surface area contributed by atoms with Crippen LogP contribution in [0.5, 0.6) is 5.75 Å². The number of hydrogen-bond acceptors (Lipinski definition) is 4. The van der Waals surface area contributed by atoms with Gasteiger partial charge in [0, 0.05) is 22.5 Å². The quantitative estimate of drug-likeness (QED) is 0.825. The second kappa shape index (κ2) is 7.23. The van der Waals surface area contributed by atoms with Crippen LogP contribution in [0.15, 0.2) is 30.3 Å². The molecule has 2 aliphatic carbocycles. The van der Waals surface area contributed by atoms with Crippen LogP contribution in [-0.4, -0.2) is 25.1 Å². The summed E-state index contributed by atoms with van der Waals surface area (Å²) in [6, 6.07) is 8.98. The maximum Gasteiger partial charge on any atom is 0.319 e. The standard InChI is InChI=1S/C20H23N3O3S/c1-26-16-7-4-14(5-8-16)23(20(21)25)15-6-9-17-13(10-15)11-18(27-17)22-19(24)12-2-3-12/h4-5,7-8,11-12,15H,2-3,6,9-10H2,1H3,(H2,21,25)(H,22,24). The number of thiophene rings is 1. The van der Waals surface area contributed by atoms with Crippen LogP contribution in [0.3, 0.4) is 0 Å². The fraction of sp³-hybridized carbons (Fsp3) is 0.400. The number of aryl methyl sites for hydroxylation is 1. The molecular formula is C20H23N3O3S. The Labute approximate surface area is 162 Å². The fourth-order valence-corrected chi connectivity index (χ4v) is 4.73. The third kappa shape index (κ3) is 3.78. The van der Waals surface area contributed by atoms with Gasteiger partial charge in [-0.1, -0.05) is 0 Å². The highest BCUT2D eigenvalue weighted by molar-refractivity contribution is 7.16. The van der Waals surface area contributed by atoms with Crippen LogP contribution in [0.2, 0.25) is 0 Å². The Morgan fingerprint density at radius 1 is 1.22 bits per heavy atom. The molecule has 1 aromatic carbocycles. The van der Waals surface area contributed by atoms with Gasteiger partial charge in [-0.2, -0.15) is 0 Å². The maximum absolute atomic E-state index is 12.2. The molecule has 0 radical (unpaired) electrons. The molecule has 0 spiro atoms. The van der Waals surface area contributed by atoms with E-state index in [1.807, 2.05) is 24.3 Å². The van der Waals surface area contributed by atoms with Crippen molar-refractivity contribution in [2.24, 2.45) is 11.7 Å². The number of methoxy groups -OCH3 is 1. The van der Waals surface area contributed by atoms with E-state index < -0.39 is 6.03 Å². The predicted octanol–water partition coefficient (Wildman–Crippen LogP) is 3.55. The first-order chi connectivity index (χ1) is 13.0. The zero-order valence-electron chi connectivity index (χ0n) is 15.2. The molecule has 1 aromatic heterocycles. The van der Waals surface area contributed by atoms with Crippen molar-refractivity contribution in [1.29, 1.82) is 0 Å². The topological polar surface area (TPSA) is 84.7 Å². The van der Waals surface area contributed by atoms with Gasteiger partial charge < -0.3 is 15.8 Å². The molecule has 4 rings (SSSR count). The Bertz CT molecular complexity index is 858. The van der Waals surface area contributed by atoms with Crippen molar-refractivity contribution in [3.8, 4) is 5.75 Å². The van der Waals surface area contributed by atoms with Crippen LogP contribution >= 0.6 is 11.3 Å². The summed E-state index contributed by atoms with van der Waals surface area (Å²) in [4.78, 5) is 27.1. The van der Waals surface area contributed by atoms with Gasteiger partial charge >= 0.3 is 6.03 Å². The molecule has 1 heterocycles. The Morgan fingerprint density at radius 3 is 2.59 bits per heavy atom. The second-order valence-electron chi connectivity index (χ2n) is 7.13. The van der Waals surface area contributed by atoms with Crippen molar-refractivity contribution in [3.63, 3.8) is 0 Å². The molecule has 7 heteroatoms. The normalized spacial score (nSPS) is 18.5. The van der Waals surface area contributed by atoms with Crippen molar-refractivity contribution in [1.82, 2.24) is 0 Å². The number of carbonyl (C=O) groups excluding carboxylic acids is 2. The molecule has 0 aliphatic heterocycles. The lowest BCUT2D eigenvalue weighted by molar-refractivity contribution is -0.117. The van der Waals surface area contributed by atoms with Gasteiger partial charge in [0.1, 0.15) is 5.75 Å². The Balaban J connectivity index is 1.51. The number of benzene rings is 1. The number of carbonyl (C=O) groups is 2. The summed E-state index contributed by atoms with van der Waals surface area (Å²) in [5.41, 5.74) is 7.67. The van der Waals surface area contributed by atoms with Crippen molar-refractivity contribution < 1.29 is 14.3 Å². The molecule has 1 unspecified atom stereocenters. The summed E-state index contributed by atoms with van der Waals surface area (Å²) < 4.78 is 5.19. The molecule has 6 nitrogen and oxygen atoms in total. The lowest BCUT2D eigenvalue weighted by atomic mass is 9.93. The molecule has 3 amide bonds. The summed E-state index contributed by atoms with van der Waals surface area (Å²) in [5, 5.41) is 3.94. The number of fused-ring (bicyclic) bond motifs is 1. The van der Waals surface area contributed by atoms with E-state index in [0.29, 0.717) is 0 Å². The molecule has 142 valence electrons. The van der Waals surface area contributed by atoms with Crippen molar-refractivity contribution in [2.75, 3.05) is 17.3 Å². The third-order valence-corrected chi connectivity index (χ3v) is 6.36. The van der Waals surface area contributed by atoms with Crippen LogP contribution in [0, 0.1) is 5.92 Å². The highest BCUT2D eigenvalue weighted by Gasteiger charge is 2.32. The molecule has 1 atom stereocenters. The summed E-state index contributed by atoms with van der Waals surface area (Å²) in [7, 11) is 1.61. The first-order valence-electron chi connectivity index (χ1n) is 9.20. The summed E-state index contributed by atoms with van der Waals surface area (Å²) in [6.45, 7) is 0. The van der Waals surface area contributed by atoms with Gasteiger partial charge in [-0.15, -0.1) is 11.3 Å². The lowest BCUT2D eigenvalue weighted by Crippen LogP contribution is -2.46. The minimum atomic E-state index is -0.453. The third-order valence-electron chi connectivity index (χ3n) is 5.20. The number of nitrogens with one attached hydrogen (secondary N) is 1. The fourth-order valence-electron chi connectivity index (χ4n) is 3.62. The van der Waals surface area contributed by atoms with Crippen LogP contribution in [0.25, 0.3) is 0 Å². The first-order valence-corrected chi connectivity index (χ1v) is 10.0. The number of urea groups is 1. The average molecular weight is 385 g/mol.